The highest BCUT2D eigenvalue weighted by molar-refractivity contribution is 7.27. The van der Waals surface area contributed by atoms with Gasteiger partial charge in [-0.05, 0) is 168 Å². The van der Waals surface area contributed by atoms with Crippen LogP contribution in [-0.4, -0.2) is 5.78 Å². The average molecular weight is 915 g/mol. The number of benzene rings is 3. The van der Waals surface area contributed by atoms with E-state index in [-0.39, 0.29) is 16.6 Å². The molecule has 0 saturated carbocycles. The van der Waals surface area contributed by atoms with Gasteiger partial charge in [-0.1, -0.05) is 90.1 Å². The van der Waals surface area contributed by atoms with Crippen LogP contribution in [0.2, 0.25) is 0 Å². The Balaban J connectivity index is 1.19. The fourth-order valence-electron chi connectivity index (χ4n) is 8.28. The Morgan fingerprint density at radius 1 is 0.419 bits per heavy atom. The maximum atomic E-state index is 14.6. The molecule has 4 aromatic carbocycles. The number of fused-ring (bicyclic) bond motifs is 7. The van der Waals surface area contributed by atoms with Gasteiger partial charge in [-0.2, -0.15) is 0 Å². The van der Waals surface area contributed by atoms with Crippen molar-refractivity contribution in [2.45, 2.75) is 66.2 Å². The molecular formula is C55H46OS6. The van der Waals surface area contributed by atoms with Crippen molar-refractivity contribution < 1.29 is 4.79 Å². The van der Waals surface area contributed by atoms with E-state index in [2.05, 4.69) is 181 Å². The molecule has 0 aliphatic carbocycles. The van der Waals surface area contributed by atoms with E-state index in [1.165, 1.54) is 88.4 Å². The lowest BCUT2D eigenvalue weighted by Crippen LogP contribution is -2.11. The Morgan fingerprint density at radius 2 is 0.903 bits per heavy atom. The third kappa shape index (κ3) is 7.61. The second-order valence-corrected chi connectivity index (χ2v) is 24.4. The molecule has 0 amide bonds. The van der Waals surface area contributed by atoms with Gasteiger partial charge in [0.25, 0.3) is 0 Å². The smallest absolute Gasteiger partial charge is 0.202 e. The molecule has 0 fully saturated rings. The van der Waals surface area contributed by atoms with Gasteiger partial charge < -0.3 is 0 Å². The van der Waals surface area contributed by atoms with Crippen molar-refractivity contribution >= 4 is 106 Å². The lowest BCUT2D eigenvalue weighted by atomic mass is 9.81. The zero-order valence-corrected chi connectivity index (χ0v) is 41.0. The van der Waals surface area contributed by atoms with E-state index in [9.17, 15) is 4.79 Å². The summed E-state index contributed by atoms with van der Waals surface area (Å²) < 4.78 is 0. The molecule has 0 N–H and O–H groups in total. The number of hydrogen-bond acceptors (Lipinski definition) is 7. The van der Waals surface area contributed by atoms with Crippen LogP contribution in [0.1, 0.15) is 79.0 Å². The van der Waals surface area contributed by atoms with Crippen LogP contribution in [0.25, 0.3) is 81.8 Å². The van der Waals surface area contributed by atoms with E-state index in [0.29, 0.717) is 5.56 Å². The van der Waals surface area contributed by atoms with Gasteiger partial charge in [0, 0.05) is 49.5 Å². The number of ketones is 1. The minimum atomic E-state index is -0.0966. The van der Waals surface area contributed by atoms with Crippen LogP contribution in [0.4, 0.5) is 0 Å². The van der Waals surface area contributed by atoms with Gasteiger partial charge >= 0.3 is 0 Å². The van der Waals surface area contributed by atoms with Gasteiger partial charge in [0.15, 0.2) is 0 Å². The zero-order chi connectivity index (χ0) is 43.1. The van der Waals surface area contributed by atoms with E-state index in [4.69, 9.17) is 0 Å². The van der Waals surface area contributed by atoms with E-state index in [0.717, 1.165) is 20.5 Å². The van der Waals surface area contributed by atoms with Crippen molar-refractivity contribution in [1.82, 2.24) is 0 Å². The summed E-state index contributed by atoms with van der Waals surface area (Å²) in [5.41, 5.74) is 6.80. The Bertz CT molecular complexity index is 3350. The van der Waals surface area contributed by atoms with Gasteiger partial charge in [-0.3, -0.25) is 4.79 Å². The second kappa shape index (κ2) is 15.8. The van der Waals surface area contributed by atoms with Crippen LogP contribution in [0.5, 0.6) is 0 Å². The number of carbonyl (C=O) groups excluding carboxylic acids is 1. The molecule has 308 valence electrons. The van der Waals surface area contributed by atoms with Crippen molar-refractivity contribution in [3.05, 3.63) is 165 Å². The Labute approximate surface area is 388 Å². The molecule has 6 aromatic heterocycles. The third-order valence-corrected chi connectivity index (χ3v) is 18.9. The lowest BCUT2D eigenvalue weighted by Gasteiger charge is -2.23. The molecule has 6 heterocycles. The van der Waals surface area contributed by atoms with Crippen molar-refractivity contribution in [3.63, 3.8) is 0 Å². The first-order chi connectivity index (χ1) is 29.7. The molecule has 0 spiro atoms. The van der Waals surface area contributed by atoms with Gasteiger partial charge in [0.2, 0.25) is 5.78 Å². The summed E-state index contributed by atoms with van der Waals surface area (Å²) in [6, 6.07) is 44.9. The maximum Gasteiger partial charge on any atom is 0.202 e. The molecule has 0 unspecified atom stereocenters. The topological polar surface area (TPSA) is 17.1 Å². The molecule has 0 atom stereocenters. The van der Waals surface area contributed by atoms with E-state index >= 15 is 0 Å². The molecule has 0 aliphatic heterocycles. The van der Waals surface area contributed by atoms with Crippen LogP contribution in [0, 0.1) is 13.8 Å². The maximum absolute atomic E-state index is 14.6. The van der Waals surface area contributed by atoms with E-state index < -0.39 is 0 Å². The molecule has 0 saturated heterocycles. The van der Waals surface area contributed by atoms with Crippen LogP contribution in [-0.2, 0) is 10.8 Å². The summed E-state index contributed by atoms with van der Waals surface area (Å²) in [4.78, 5) is 26.7. The number of thiophene rings is 6. The van der Waals surface area contributed by atoms with Crippen molar-refractivity contribution in [2.75, 3.05) is 0 Å². The molecular weight excluding hydrogens is 869 g/mol. The van der Waals surface area contributed by atoms with Gasteiger partial charge in [0.1, 0.15) is 0 Å². The first kappa shape index (κ1) is 41.3. The van der Waals surface area contributed by atoms with Crippen molar-refractivity contribution in [3.8, 4) is 49.5 Å². The molecule has 7 heteroatoms. The van der Waals surface area contributed by atoms with E-state index in [1.807, 2.05) is 28.7 Å². The molecule has 0 aliphatic rings. The largest absolute Gasteiger partial charge is 0.288 e. The molecule has 10 aromatic rings. The van der Waals surface area contributed by atoms with Crippen molar-refractivity contribution in [2.24, 2.45) is 0 Å². The van der Waals surface area contributed by atoms with Gasteiger partial charge in [-0.25, -0.2) is 0 Å². The number of carbonyl (C=O) groups is 1. The summed E-state index contributed by atoms with van der Waals surface area (Å²) in [5, 5.41) is 11.4. The molecule has 4 bridgehead atoms. The number of aryl methyl sites for hydroxylation is 2. The first-order valence-corrected chi connectivity index (χ1v) is 25.9. The Hall–Kier alpha value is -4.73. The fraction of sp³-hybridized carbons (Fsp3) is 0.182. The number of hydrogen-bond donors (Lipinski definition) is 0. The summed E-state index contributed by atoms with van der Waals surface area (Å²) in [6.45, 7) is 18.4. The first-order valence-electron chi connectivity index (χ1n) is 20.9. The average Bonchev–Trinajstić information content (AvgIpc) is 4.10. The monoisotopic (exact) mass is 914 g/mol. The lowest BCUT2D eigenvalue weighted by molar-refractivity contribution is 0.104. The third-order valence-electron chi connectivity index (χ3n) is 12.0. The molecule has 0 radical (unpaired) electrons. The summed E-state index contributed by atoms with van der Waals surface area (Å²) >= 11 is 10.7. The highest BCUT2D eigenvalue weighted by Crippen LogP contribution is 2.46. The summed E-state index contributed by atoms with van der Waals surface area (Å²) in [5.74, 6) is 0.0609. The second-order valence-electron chi connectivity index (χ2n) is 18.2. The van der Waals surface area contributed by atoms with Crippen LogP contribution < -0.4 is 0 Å². The fourth-order valence-corrected chi connectivity index (χ4v) is 14.1. The standard InChI is InChI=1S/C55H46OS6/c1-31-34-25-35(54(3,4)5)28-38(31)41-26-33(53(56)52-22-21-51(62-52)50-20-18-47(61-50)45-12-10-24-58-45)13-14-37(41)39-29-36(55(6,7)8)30-40(32(39)2)42(27-34)43-15-16-48(59-43)49-19-17-46(60-49)44-11-9-23-57-44/h9-30H,1-8H3. The quantitative estimate of drug-likeness (QED) is 0.146. The predicted molar refractivity (Wildman–Crippen MR) is 279 cm³/mol. The van der Waals surface area contributed by atoms with Crippen LogP contribution >= 0.6 is 68.0 Å². The van der Waals surface area contributed by atoms with Gasteiger partial charge in [0.05, 0.1) is 4.88 Å². The Morgan fingerprint density at radius 3 is 1.47 bits per heavy atom. The predicted octanol–water partition coefficient (Wildman–Crippen LogP) is 18.9. The number of rotatable bonds is 7. The zero-order valence-electron chi connectivity index (χ0n) is 36.1. The summed E-state index contributed by atoms with van der Waals surface area (Å²) in [6.07, 6.45) is 0. The highest BCUT2D eigenvalue weighted by atomic mass is 32.1. The van der Waals surface area contributed by atoms with Crippen molar-refractivity contribution in [1.29, 1.82) is 0 Å². The van der Waals surface area contributed by atoms with E-state index in [1.54, 1.807) is 45.3 Å². The minimum Gasteiger partial charge on any atom is -0.288 e. The SMILES string of the molecule is Cc1c2cc(C(C)(C)C)cc1c1cc(C(=O)c3ccc(-c4ccc(-c5cccs5)s4)s3)ccc1c1cc(C(C)(C)C)cc(c(-c3ccc(-c4ccc(-c5cccs5)s4)s3)c2)c1C. The van der Waals surface area contributed by atoms with Crippen LogP contribution in [0.3, 0.4) is 0 Å². The Kier molecular flexibility index (Phi) is 10.5. The highest BCUT2D eigenvalue weighted by Gasteiger charge is 2.22. The van der Waals surface area contributed by atoms with Gasteiger partial charge in [-0.15, -0.1) is 68.0 Å². The van der Waals surface area contributed by atoms with Crippen LogP contribution in [0.15, 0.2) is 132 Å². The molecule has 1 nitrogen and oxygen atoms in total. The molecule has 10 rings (SSSR count). The normalized spacial score (nSPS) is 12.3. The minimum absolute atomic E-state index is 0.0609. The molecule has 62 heavy (non-hydrogen) atoms. The summed E-state index contributed by atoms with van der Waals surface area (Å²) in [7, 11) is 0.